The summed E-state index contributed by atoms with van der Waals surface area (Å²) >= 11 is 0. The summed E-state index contributed by atoms with van der Waals surface area (Å²) in [4.78, 5) is 22.5. The van der Waals surface area contributed by atoms with Gasteiger partial charge in [-0.15, -0.1) is 0 Å². The van der Waals surface area contributed by atoms with E-state index in [9.17, 15) is 4.79 Å². The quantitative estimate of drug-likeness (QED) is 0.518. The van der Waals surface area contributed by atoms with Crippen molar-refractivity contribution in [2.24, 2.45) is 0 Å². The van der Waals surface area contributed by atoms with Crippen LogP contribution in [0.5, 0.6) is 0 Å². The predicted octanol–water partition coefficient (Wildman–Crippen LogP) is 4.62. The number of carbonyl (C=O) groups is 1. The van der Waals surface area contributed by atoms with Crippen molar-refractivity contribution in [1.82, 2.24) is 15.3 Å². The highest BCUT2D eigenvalue weighted by molar-refractivity contribution is 5.92. The van der Waals surface area contributed by atoms with Crippen LogP contribution in [-0.4, -0.2) is 28.5 Å². The van der Waals surface area contributed by atoms with Gasteiger partial charge in [0.15, 0.2) is 0 Å². The maximum absolute atomic E-state index is 12.5. The summed E-state index contributed by atoms with van der Waals surface area (Å²) in [6.45, 7) is 2.78. The van der Waals surface area contributed by atoms with Gasteiger partial charge < -0.3 is 15.2 Å². The molecule has 2 N–H and O–H groups in total. The van der Waals surface area contributed by atoms with E-state index in [1.807, 2.05) is 30.5 Å². The number of hydrogen-bond donors (Lipinski definition) is 2. The lowest BCUT2D eigenvalue weighted by Crippen LogP contribution is -2.27. The fourth-order valence-electron chi connectivity index (χ4n) is 4.36. The van der Waals surface area contributed by atoms with Gasteiger partial charge in [0.05, 0.1) is 11.9 Å². The van der Waals surface area contributed by atoms with Crippen molar-refractivity contribution in [3.05, 3.63) is 89.9 Å². The number of hydrogen-bond acceptors (Lipinski definition) is 3. The highest BCUT2D eigenvalue weighted by Gasteiger charge is 2.27. The van der Waals surface area contributed by atoms with Gasteiger partial charge in [0, 0.05) is 35.4 Å². The summed E-state index contributed by atoms with van der Waals surface area (Å²) in [6.07, 6.45) is 5.61. The van der Waals surface area contributed by atoms with Gasteiger partial charge in [0.2, 0.25) is 0 Å². The highest BCUT2D eigenvalue weighted by Crippen LogP contribution is 2.37. The number of fused-ring (bicyclic) bond motifs is 2. The van der Waals surface area contributed by atoms with E-state index in [4.69, 9.17) is 0 Å². The molecule has 1 amide bonds. The van der Waals surface area contributed by atoms with Crippen LogP contribution in [0.1, 0.15) is 28.5 Å². The third-order valence-electron chi connectivity index (χ3n) is 5.82. The molecular formula is C25H24N4O. The average molecular weight is 396 g/mol. The zero-order valence-corrected chi connectivity index (χ0v) is 16.9. The molecule has 1 aliphatic heterocycles. The number of benzene rings is 2. The lowest BCUT2D eigenvalue weighted by atomic mass is 10.1. The lowest BCUT2D eigenvalue weighted by molar-refractivity contribution is 0.0949. The Morgan fingerprint density at radius 1 is 1.13 bits per heavy atom. The number of rotatable bonds is 5. The Kier molecular flexibility index (Phi) is 4.71. The molecule has 3 heterocycles. The topological polar surface area (TPSA) is 61.0 Å². The average Bonchev–Trinajstić information content (AvgIpc) is 3.34. The van der Waals surface area contributed by atoms with E-state index in [0.717, 1.165) is 24.0 Å². The van der Waals surface area contributed by atoms with Gasteiger partial charge in [-0.1, -0.05) is 36.4 Å². The van der Waals surface area contributed by atoms with Crippen LogP contribution in [0.25, 0.3) is 10.9 Å². The minimum atomic E-state index is -0.142. The van der Waals surface area contributed by atoms with Gasteiger partial charge in [-0.25, -0.2) is 4.98 Å². The first-order chi connectivity index (χ1) is 14.7. The Bertz CT molecular complexity index is 1200. The van der Waals surface area contributed by atoms with Crippen molar-refractivity contribution in [3.8, 4) is 0 Å². The zero-order chi connectivity index (χ0) is 20.5. The first kappa shape index (κ1) is 18.4. The summed E-state index contributed by atoms with van der Waals surface area (Å²) < 4.78 is 0. The maximum atomic E-state index is 12.5. The number of carbonyl (C=O) groups excluding carboxylic acids is 1. The van der Waals surface area contributed by atoms with Crippen LogP contribution >= 0.6 is 0 Å². The number of nitrogens with zero attached hydrogens (tertiary/aromatic N) is 2. The van der Waals surface area contributed by atoms with E-state index >= 15 is 0 Å². The molecule has 0 aliphatic carbocycles. The van der Waals surface area contributed by atoms with Crippen LogP contribution in [0.4, 0.5) is 11.4 Å². The molecule has 150 valence electrons. The molecule has 2 aromatic heterocycles. The fourth-order valence-corrected chi connectivity index (χ4v) is 4.36. The van der Waals surface area contributed by atoms with Gasteiger partial charge in [-0.2, -0.15) is 0 Å². The summed E-state index contributed by atoms with van der Waals surface area (Å²) in [5.74, 6) is -0.142. The molecule has 1 aliphatic rings. The summed E-state index contributed by atoms with van der Waals surface area (Å²) in [5, 5.41) is 4.19. The van der Waals surface area contributed by atoms with Crippen LogP contribution in [-0.2, 0) is 12.8 Å². The van der Waals surface area contributed by atoms with Crippen LogP contribution < -0.4 is 10.2 Å². The van der Waals surface area contributed by atoms with E-state index in [1.54, 1.807) is 6.20 Å². The maximum Gasteiger partial charge on any atom is 0.269 e. The van der Waals surface area contributed by atoms with Crippen molar-refractivity contribution in [1.29, 1.82) is 0 Å². The normalized spacial score (nSPS) is 15.4. The number of nitrogens with one attached hydrogen (secondary N) is 2. The van der Waals surface area contributed by atoms with Gasteiger partial charge in [-0.3, -0.25) is 4.79 Å². The number of aromatic nitrogens is 2. The van der Waals surface area contributed by atoms with Gasteiger partial charge in [0.25, 0.3) is 5.91 Å². The minimum Gasteiger partial charge on any atom is -0.361 e. The van der Waals surface area contributed by atoms with E-state index in [0.29, 0.717) is 18.3 Å². The largest absolute Gasteiger partial charge is 0.361 e. The van der Waals surface area contributed by atoms with Crippen molar-refractivity contribution in [2.75, 3.05) is 11.4 Å². The first-order valence-electron chi connectivity index (χ1n) is 10.4. The van der Waals surface area contributed by atoms with Gasteiger partial charge in [-0.05, 0) is 55.2 Å². The van der Waals surface area contributed by atoms with E-state index < -0.39 is 0 Å². The minimum absolute atomic E-state index is 0.142. The zero-order valence-electron chi connectivity index (χ0n) is 16.9. The molecule has 1 unspecified atom stereocenters. The summed E-state index contributed by atoms with van der Waals surface area (Å²) in [7, 11) is 0. The molecule has 0 spiro atoms. The number of pyridine rings is 1. The Balaban J connectivity index is 1.24. The Morgan fingerprint density at radius 3 is 2.83 bits per heavy atom. The highest BCUT2D eigenvalue weighted by atomic mass is 16.1. The molecule has 4 aromatic rings. The molecule has 0 saturated carbocycles. The Labute approximate surface area is 175 Å². The second kappa shape index (κ2) is 7.67. The Morgan fingerprint density at radius 2 is 1.97 bits per heavy atom. The number of amides is 1. The Hall–Kier alpha value is -3.60. The van der Waals surface area contributed by atoms with Gasteiger partial charge in [0.1, 0.15) is 5.69 Å². The number of aromatic amines is 1. The van der Waals surface area contributed by atoms with Crippen LogP contribution in [0, 0.1) is 0 Å². The summed E-state index contributed by atoms with van der Waals surface area (Å²) in [5.41, 5.74) is 6.36. The molecule has 30 heavy (non-hydrogen) atoms. The molecule has 0 radical (unpaired) electrons. The molecule has 1 atom stereocenters. The third-order valence-corrected chi connectivity index (χ3v) is 5.82. The predicted molar refractivity (Wildman–Crippen MR) is 120 cm³/mol. The van der Waals surface area contributed by atoms with Crippen molar-refractivity contribution < 1.29 is 4.79 Å². The smallest absolute Gasteiger partial charge is 0.269 e. The molecule has 0 bridgehead atoms. The second-order valence-corrected chi connectivity index (χ2v) is 7.82. The third kappa shape index (κ3) is 3.32. The first-order valence-corrected chi connectivity index (χ1v) is 10.4. The van der Waals surface area contributed by atoms with E-state index in [1.165, 1.54) is 22.2 Å². The number of H-pyrrole nitrogens is 1. The number of para-hydroxylation sites is 2. The molecule has 2 aromatic carbocycles. The second-order valence-electron chi connectivity index (χ2n) is 7.82. The monoisotopic (exact) mass is 396 g/mol. The standard InChI is InChI=1S/C25H24N4O/c1-17-14-18-6-2-5-9-24(18)29(17)20-10-11-23(28-16-20)25(30)26-13-12-19-15-27-22-8-4-3-7-21(19)22/h2-11,15-17,27H,12-14H2,1H3,(H,26,30). The van der Waals surface area contributed by atoms with E-state index in [-0.39, 0.29) is 5.91 Å². The molecule has 5 heteroatoms. The molecule has 0 saturated heterocycles. The van der Waals surface area contributed by atoms with Crippen molar-refractivity contribution in [3.63, 3.8) is 0 Å². The lowest BCUT2D eigenvalue weighted by Gasteiger charge is -2.24. The number of anilines is 2. The van der Waals surface area contributed by atoms with Crippen LogP contribution in [0.15, 0.2) is 73.1 Å². The van der Waals surface area contributed by atoms with Crippen molar-refractivity contribution in [2.45, 2.75) is 25.8 Å². The fraction of sp³-hybridized carbons (Fsp3) is 0.200. The van der Waals surface area contributed by atoms with Gasteiger partial charge >= 0.3 is 0 Å². The molecule has 5 nitrogen and oxygen atoms in total. The van der Waals surface area contributed by atoms with E-state index in [2.05, 4.69) is 63.5 Å². The molecule has 0 fully saturated rings. The molecule has 5 rings (SSSR count). The van der Waals surface area contributed by atoms with Crippen LogP contribution in [0.2, 0.25) is 0 Å². The van der Waals surface area contributed by atoms with Crippen molar-refractivity contribution >= 4 is 28.2 Å². The molecular weight excluding hydrogens is 372 g/mol. The van der Waals surface area contributed by atoms with Crippen LogP contribution in [0.3, 0.4) is 0 Å². The SMILES string of the molecule is CC1Cc2ccccc2N1c1ccc(C(=O)NCCc2c[nH]c3ccccc23)nc1. The summed E-state index contributed by atoms with van der Waals surface area (Å²) in [6, 6.07) is 20.8.